The smallest absolute Gasteiger partial charge is 0.325 e. The van der Waals surface area contributed by atoms with Crippen LogP contribution in [0.25, 0.3) is 0 Å². The molecule has 6 heteroatoms. The zero-order valence-corrected chi connectivity index (χ0v) is 28.3. The molecule has 0 aliphatic carbocycles. The number of esters is 1. The second-order valence-electron chi connectivity index (χ2n) is 8.15. The molecule has 1 unspecified atom stereocenters. The lowest BCUT2D eigenvalue weighted by Crippen LogP contribution is -2.41. The van der Waals surface area contributed by atoms with E-state index >= 15 is 0 Å². The van der Waals surface area contributed by atoms with Gasteiger partial charge in [-0.2, -0.15) is 11.8 Å². The number of rotatable bonds is 11. The average Bonchev–Trinajstić information content (AvgIpc) is 2.96. The zero-order valence-electron chi connectivity index (χ0n) is 27.5. The molecular formula is C33H64N2O3S. The average molecular weight is 569 g/mol. The molecule has 5 nitrogen and oxygen atoms in total. The molecule has 1 amide bonds. The van der Waals surface area contributed by atoms with Crippen molar-refractivity contribution < 1.29 is 14.3 Å². The van der Waals surface area contributed by atoms with Gasteiger partial charge in [0.25, 0.3) is 0 Å². The Morgan fingerprint density at radius 2 is 1.38 bits per heavy atom. The highest BCUT2D eigenvalue weighted by molar-refractivity contribution is 7.97. The number of ether oxygens (including phenoxy) is 1. The summed E-state index contributed by atoms with van der Waals surface area (Å²) in [4.78, 5) is 22.3. The summed E-state index contributed by atoms with van der Waals surface area (Å²) in [5.41, 5.74) is 6.65. The van der Waals surface area contributed by atoms with E-state index in [-0.39, 0.29) is 12.5 Å². The van der Waals surface area contributed by atoms with E-state index in [1.54, 1.807) is 18.7 Å². The van der Waals surface area contributed by atoms with Crippen molar-refractivity contribution in [2.75, 3.05) is 25.7 Å². The Kier molecular flexibility index (Phi) is 51.6. The van der Waals surface area contributed by atoms with Crippen LogP contribution in [0.2, 0.25) is 0 Å². The fourth-order valence-electron chi connectivity index (χ4n) is 1.95. The van der Waals surface area contributed by atoms with Gasteiger partial charge in [0, 0.05) is 0 Å². The number of carbonyl (C=O) groups is 2. The van der Waals surface area contributed by atoms with Gasteiger partial charge in [-0.1, -0.05) is 135 Å². The molecule has 1 atom stereocenters. The van der Waals surface area contributed by atoms with Gasteiger partial charge in [-0.25, -0.2) is 0 Å². The molecular weight excluding hydrogens is 504 g/mol. The highest BCUT2D eigenvalue weighted by atomic mass is 32.2. The second kappa shape index (κ2) is 43.0. The molecule has 0 bridgehead atoms. The van der Waals surface area contributed by atoms with Crippen molar-refractivity contribution in [1.29, 1.82) is 0 Å². The Morgan fingerprint density at radius 3 is 1.72 bits per heavy atom. The van der Waals surface area contributed by atoms with E-state index in [4.69, 9.17) is 10.5 Å². The standard InChI is InChI=1S/C14H24N2O3.C7H8.C6H14.C2H6S.2C2H6/c1-3-4-5-6-7-8-9-10-19-13(17)11-16-14(18)12(2)15;1-7-5-3-2-4-6-7;1-4-6(3)5-2;1-3-2;2*1-2/h5-8,12H,3-4,9-11,15H2,1-2H3,(H,16,18);2-6H,1H3;6H,4-5H2,1-3H3;1-2H3;2*1-2H3/b6-5-,8-7-;;;;;. The monoisotopic (exact) mass is 568 g/mol. The van der Waals surface area contributed by atoms with Crippen molar-refractivity contribution in [3.05, 3.63) is 60.2 Å². The largest absolute Gasteiger partial charge is 0.464 e. The van der Waals surface area contributed by atoms with Crippen LogP contribution in [0, 0.1) is 12.8 Å². The Labute approximate surface area is 247 Å². The van der Waals surface area contributed by atoms with E-state index in [0.717, 1.165) is 18.8 Å². The molecule has 0 aliphatic rings. The van der Waals surface area contributed by atoms with Crippen LogP contribution in [0.15, 0.2) is 54.6 Å². The number of nitrogens with two attached hydrogens (primary N) is 1. The summed E-state index contributed by atoms with van der Waals surface area (Å²) < 4.78 is 4.93. The summed E-state index contributed by atoms with van der Waals surface area (Å²) >= 11 is 1.75. The summed E-state index contributed by atoms with van der Waals surface area (Å²) in [6.07, 6.45) is 17.5. The number of thioether (sulfide) groups is 1. The SMILES string of the molecule is CC.CC.CCC(C)CC.CCC/C=C\C=C/CCOC(=O)CNC(=O)C(C)N.CSC.Cc1ccccc1. The third kappa shape index (κ3) is 49.4. The van der Waals surface area contributed by atoms with Crippen LogP contribution in [0.5, 0.6) is 0 Å². The minimum absolute atomic E-state index is 0.138. The summed E-state index contributed by atoms with van der Waals surface area (Å²) in [6.45, 7) is 20.7. The van der Waals surface area contributed by atoms with Crippen LogP contribution in [-0.4, -0.2) is 43.6 Å². The van der Waals surface area contributed by atoms with Gasteiger partial charge < -0.3 is 15.8 Å². The third-order valence-electron chi connectivity index (χ3n) is 4.54. The summed E-state index contributed by atoms with van der Waals surface area (Å²) in [6, 6.07) is 9.64. The maximum atomic E-state index is 11.2. The molecule has 3 N–H and O–H groups in total. The molecule has 1 aromatic carbocycles. The lowest BCUT2D eigenvalue weighted by atomic mass is 10.1. The maximum absolute atomic E-state index is 11.2. The normalized spacial score (nSPS) is 10.1. The Hall–Kier alpha value is -2.05. The van der Waals surface area contributed by atoms with Gasteiger partial charge in [-0.05, 0) is 45.1 Å². The fraction of sp³-hybridized carbons (Fsp3) is 0.636. The molecule has 0 saturated heterocycles. The molecule has 0 saturated carbocycles. The van der Waals surface area contributed by atoms with Crippen LogP contribution in [0.1, 0.15) is 100.0 Å². The summed E-state index contributed by atoms with van der Waals surface area (Å²) in [7, 11) is 0. The topological polar surface area (TPSA) is 81.4 Å². The number of carbonyl (C=O) groups excluding carboxylic acids is 2. The number of hydrogen-bond donors (Lipinski definition) is 2. The van der Waals surface area contributed by atoms with Gasteiger partial charge in [-0.15, -0.1) is 0 Å². The summed E-state index contributed by atoms with van der Waals surface area (Å²) in [5.74, 6) is 0.117. The summed E-state index contributed by atoms with van der Waals surface area (Å²) in [5, 5.41) is 2.39. The minimum atomic E-state index is -0.620. The number of benzene rings is 1. The Bertz CT molecular complexity index is 644. The minimum Gasteiger partial charge on any atom is -0.464 e. The van der Waals surface area contributed by atoms with Crippen molar-refractivity contribution in [3.8, 4) is 0 Å². The second-order valence-corrected chi connectivity index (χ2v) is 8.96. The van der Waals surface area contributed by atoms with Crippen LogP contribution in [0.3, 0.4) is 0 Å². The van der Waals surface area contributed by atoms with Crippen LogP contribution >= 0.6 is 11.8 Å². The predicted octanol–water partition coefficient (Wildman–Crippen LogP) is 8.76. The van der Waals surface area contributed by atoms with Crippen molar-refractivity contribution in [2.24, 2.45) is 11.7 Å². The maximum Gasteiger partial charge on any atom is 0.325 e. The van der Waals surface area contributed by atoms with Gasteiger partial charge >= 0.3 is 5.97 Å². The van der Waals surface area contributed by atoms with Gasteiger partial charge in [0.1, 0.15) is 6.54 Å². The van der Waals surface area contributed by atoms with E-state index in [1.807, 2.05) is 76.6 Å². The number of nitrogens with one attached hydrogen (secondary N) is 1. The Balaban J connectivity index is -0.000000156. The highest BCUT2D eigenvalue weighted by Gasteiger charge is 2.09. The molecule has 1 rings (SSSR count). The van der Waals surface area contributed by atoms with Gasteiger partial charge in [0.05, 0.1) is 12.6 Å². The quantitative estimate of drug-likeness (QED) is 0.158. The van der Waals surface area contributed by atoms with Crippen molar-refractivity contribution >= 4 is 23.6 Å². The van der Waals surface area contributed by atoms with Crippen molar-refractivity contribution in [2.45, 2.75) is 107 Å². The molecule has 0 spiro atoms. The number of unbranched alkanes of at least 4 members (excludes halogenated alkanes) is 1. The molecule has 0 aliphatic heterocycles. The van der Waals surface area contributed by atoms with E-state index in [0.29, 0.717) is 13.0 Å². The fourth-order valence-corrected chi connectivity index (χ4v) is 1.95. The van der Waals surface area contributed by atoms with Crippen molar-refractivity contribution in [1.82, 2.24) is 5.32 Å². The van der Waals surface area contributed by atoms with E-state index in [1.165, 1.54) is 18.4 Å². The molecule has 0 fully saturated rings. The first kappa shape index (κ1) is 46.8. The van der Waals surface area contributed by atoms with Gasteiger partial charge in [-0.3, -0.25) is 9.59 Å². The first-order chi connectivity index (χ1) is 18.7. The molecule has 0 heterocycles. The van der Waals surface area contributed by atoms with Crippen LogP contribution < -0.4 is 11.1 Å². The highest BCUT2D eigenvalue weighted by Crippen LogP contribution is 2.02. The molecule has 0 aromatic heterocycles. The lowest BCUT2D eigenvalue weighted by molar-refractivity contribution is -0.143. The first-order valence-electron chi connectivity index (χ1n) is 14.6. The van der Waals surface area contributed by atoms with Gasteiger partial charge in [0.2, 0.25) is 5.91 Å². The molecule has 39 heavy (non-hydrogen) atoms. The van der Waals surface area contributed by atoms with E-state index in [9.17, 15) is 9.59 Å². The predicted molar refractivity (Wildman–Crippen MR) is 178 cm³/mol. The number of hydrogen-bond acceptors (Lipinski definition) is 5. The Morgan fingerprint density at radius 1 is 0.923 bits per heavy atom. The molecule has 1 aromatic rings. The van der Waals surface area contributed by atoms with Crippen LogP contribution in [0.4, 0.5) is 0 Å². The molecule has 0 radical (unpaired) electrons. The van der Waals surface area contributed by atoms with Gasteiger partial charge in [0.15, 0.2) is 0 Å². The third-order valence-corrected chi connectivity index (χ3v) is 4.54. The molecule has 230 valence electrons. The number of allylic oxidation sites excluding steroid dienone is 3. The van der Waals surface area contributed by atoms with E-state index in [2.05, 4.69) is 58.1 Å². The zero-order chi connectivity index (χ0) is 31.3. The number of amides is 1. The van der Waals surface area contributed by atoms with E-state index < -0.39 is 12.0 Å². The lowest BCUT2D eigenvalue weighted by Gasteiger charge is -2.07. The van der Waals surface area contributed by atoms with Crippen molar-refractivity contribution in [3.63, 3.8) is 0 Å². The van der Waals surface area contributed by atoms with Crippen LogP contribution in [-0.2, 0) is 14.3 Å². The first-order valence-corrected chi connectivity index (χ1v) is 16.2. The number of aryl methyl sites for hydroxylation is 1.